The zero-order chi connectivity index (χ0) is 15.2. The van der Waals surface area contributed by atoms with E-state index >= 15 is 0 Å². The topological polar surface area (TPSA) is 55.2 Å². The number of rotatable bonds is 3. The van der Waals surface area contributed by atoms with E-state index in [4.69, 9.17) is 23.2 Å². The Kier molecular flexibility index (Phi) is 3.90. The number of halogens is 2. The summed E-state index contributed by atoms with van der Waals surface area (Å²) in [6.07, 6.45) is 1.80. The van der Waals surface area contributed by atoms with E-state index < -0.39 is 10.0 Å². The van der Waals surface area contributed by atoms with E-state index in [1.54, 1.807) is 16.7 Å². The van der Waals surface area contributed by atoms with Crippen LogP contribution in [0, 0.1) is 0 Å². The number of unbranched alkanes of at least 4 members (excludes halogenated alkanes) is 1. The number of hydrogen-bond donors (Lipinski definition) is 0. The minimum absolute atomic E-state index is 0.0817. The van der Waals surface area contributed by atoms with Crippen molar-refractivity contribution < 1.29 is 8.42 Å². The number of benzene rings is 1. The van der Waals surface area contributed by atoms with Crippen molar-refractivity contribution in [3.8, 4) is 0 Å². The lowest BCUT2D eigenvalue weighted by molar-refractivity contribution is 0.351. The van der Waals surface area contributed by atoms with E-state index in [0.29, 0.717) is 40.7 Å². The van der Waals surface area contributed by atoms with Gasteiger partial charge >= 0.3 is 0 Å². The molecule has 21 heavy (non-hydrogen) atoms. The molecular formula is C13H15Cl2N3O2S. The molecular weight excluding hydrogens is 333 g/mol. The van der Waals surface area contributed by atoms with E-state index in [1.165, 1.54) is 4.31 Å². The third-order valence-electron chi connectivity index (χ3n) is 3.66. The van der Waals surface area contributed by atoms with E-state index in [0.717, 1.165) is 12.8 Å². The van der Waals surface area contributed by atoms with Gasteiger partial charge in [0.15, 0.2) is 0 Å². The molecule has 5 nitrogen and oxygen atoms in total. The maximum Gasteiger partial charge on any atom is 0.277 e. The minimum Gasteiger partial charge on any atom is -0.312 e. The van der Waals surface area contributed by atoms with Crippen LogP contribution in [0.5, 0.6) is 0 Å². The molecule has 8 heteroatoms. The van der Waals surface area contributed by atoms with Gasteiger partial charge in [-0.1, -0.05) is 36.5 Å². The van der Waals surface area contributed by atoms with Crippen molar-refractivity contribution in [2.45, 2.75) is 31.5 Å². The van der Waals surface area contributed by atoms with Crippen LogP contribution in [0.2, 0.25) is 10.0 Å². The number of imidazole rings is 1. The van der Waals surface area contributed by atoms with Gasteiger partial charge in [0.25, 0.3) is 10.0 Å². The summed E-state index contributed by atoms with van der Waals surface area (Å²) in [7, 11) is -3.54. The average Bonchev–Trinajstić information content (AvgIpc) is 2.78. The maximum absolute atomic E-state index is 12.6. The molecule has 114 valence electrons. The molecule has 0 unspecified atom stereocenters. The van der Waals surface area contributed by atoms with Gasteiger partial charge in [-0.05, 0) is 18.6 Å². The van der Waals surface area contributed by atoms with Gasteiger partial charge in [-0.15, -0.1) is 0 Å². The SMILES string of the molecule is CCCCN1CCn2c(nc3cc(Cl)c(Cl)cc32)S1(=O)=O. The molecule has 1 aliphatic rings. The molecule has 2 heterocycles. The van der Waals surface area contributed by atoms with Gasteiger partial charge in [0, 0.05) is 19.6 Å². The summed E-state index contributed by atoms with van der Waals surface area (Å²) in [6, 6.07) is 3.28. The second-order valence-corrected chi connectivity index (χ2v) is 7.70. The molecule has 1 aromatic carbocycles. The molecule has 0 spiro atoms. The molecule has 0 saturated heterocycles. The standard InChI is InChI=1S/C13H15Cl2N3O2S/c1-2-3-4-17-5-6-18-12-8-10(15)9(14)7-11(12)16-13(18)21(17,19)20/h7-8H,2-6H2,1H3. The summed E-state index contributed by atoms with van der Waals surface area (Å²) in [5, 5.41) is 0.857. The van der Waals surface area contributed by atoms with E-state index in [1.807, 2.05) is 6.92 Å². The summed E-state index contributed by atoms with van der Waals surface area (Å²) >= 11 is 12.0. The Bertz CT molecular complexity index is 801. The van der Waals surface area contributed by atoms with Crippen molar-refractivity contribution in [1.82, 2.24) is 13.9 Å². The van der Waals surface area contributed by atoms with Crippen molar-refractivity contribution in [3.63, 3.8) is 0 Å². The van der Waals surface area contributed by atoms with Crippen molar-refractivity contribution in [2.75, 3.05) is 13.1 Å². The monoisotopic (exact) mass is 347 g/mol. The highest BCUT2D eigenvalue weighted by Crippen LogP contribution is 2.31. The fourth-order valence-electron chi connectivity index (χ4n) is 2.52. The Morgan fingerprint density at radius 3 is 2.67 bits per heavy atom. The van der Waals surface area contributed by atoms with Gasteiger partial charge in [0.1, 0.15) is 0 Å². The number of fused-ring (bicyclic) bond motifs is 3. The number of sulfonamides is 1. The molecule has 2 aromatic rings. The van der Waals surface area contributed by atoms with Crippen molar-refractivity contribution in [2.24, 2.45) is 0 Å². The largest absolute Gasteiger partial charge is 0.312 e. The quantitative estimate of drug-likeness (QED) is 0.856. The first-order chi connectivity index (χ1) is 9.95. The average molecular weight is 348 g/mol. The zero-order valence-electron chi connectivity index (χ0n) is 11.5. The predicted molar refractivity (Wildman–Crippen MR) is 83.4 cm³/mol. The molecule has 0 aliphatic carbocycles. The highest BCUT2D eigenvalue weighted by molar-refractivity contribution is 7.89. The van der Waals surface area contributed by atoms with Crippen molar-refractivity contribution in [1.29, 1.82) is 0 Å². The number of aromatic nitrogens is 2. The Morgan fingerprint density at radius 2 is 1.95 bits per heavy atom. The molecule has 0 bridgehead atoms. The van der Waals surface area contributed by atoms with Gasteiger partial charge in [-0.2, -0.15) is 4.31 Å². The Hall–Kier alpha value is -0.820. The Labute approximate surface area is 133 Å². The lowest BCUT2D eigenvalue weighted by atomic mass is 10.3. The van der Waals surface area contributed by atoms with Crippen LogP contribution < -0.4 is 0 Å². The van der Waals surface area contributed by atoms with Crippen LogP contribution in [0.15, 0.2) is 17.3 Å². The normalized spacial score (nSPS) is 18.0. The summed E-state index contributed by atoms with van der Waals surface area (Å²) in [6.45, 7) is 3.60. The molecule has 0 fully saturated rings. The van der Waals surface area contributed by atoms with Crippen LogP contribution in [0.1, 0.15) is 19.8 Å². The zero-order valence-corrected chi connectivity index (χ0v) is 13.8. The summed E-state index contributed by atoms with van der Waals surface area (Å²) < 4.78 is 28.5. The highest BCUT2D eigenvalue weighted by atomic mass is 35.5. The summed E-state index contributed by atoms with van der Waals surface area (Å²) in [4.78, 5) is 4.26. The molecule has 0 radical (unpaired) electrons. The molecule has 0 N–H and O–H groups in total. The first kappa shape index (κ1) is 15.1. The summed E-state index contributed by atoms with van der Waals surface area (Å²) in [5.41, 5.74) is 1.26. The van der Waals surface area contributed by atoms with Crippen LogP contribution >= 0.6 is 23.2 Å². The van der Waals surface area contributed by atoms with Crippen LogP contribution in [0.25, 0.3) is 11.0 Å². The Morgan fingerprint density at radius 1 is 1.24 bits per heavy atom. The van der Waals surface area contributed by atoms with Gasteiger partial charge in [0.05, 0.1) is 21.1 Å². The molecule has 1 aromatic heterocycles. The van der Waals surface area contributed by atoms with Crippen molar-refractivity contribution >= 4 is 44.3 Å². The Balaban J connectivity index is 2.13. The minimum atomic E-state index is -3.54. The number of nitrogens with zero attached hydrogens (tertiary/aromatic N) is 3. The third kappa shape index (κ3) is 2.44. The van der Waals surface area contributed by atoms with Crippen LogP contribution in [-0.2, 0) is 16.6 Å². The van der Waals surface area contributed by atoms with E-state index in [-0.39, 0.29) is 5.16 Å². The van der Waals surface area contributed by atoms with Crippen LogP contribution in [-0.4, -0.2) is 35.4 Å². The summed E-state index contributed by atoms with van der Waals surface area (Å²) in [5.74, 6) is 0. The van der Waals surface area contributed by atoms with Gasteiger partial charge in [-0.25, -0.2) is 13.4 Å². The lowest BCUT2D eigenvalue weighted by Gasteiger charge is -2.27. The molecule has 0 saturated carbocycles. The predicted octanol–water partition coefficient (Wildman–Crippen LogP) is 3.15. The fraction of sp³-hybridized carbons (Fsp3) is 0.462. The highest BCUT2D eigenvalue weighted by Gasteiger charge is 2.34. The fourth-order valence-corrected chi connectivity index (χ4v) is 4.44. The molecule has 1 aliphatic heterocycles. The molecule has 0 atom stereocenters. The van der Waals surface area contributed by atoms with E-state index in [9.17, 15) is 8.42 Å². The van der Waals surface area contributed by atoms with Crippen molar-refractivity contribution in [3.05, 3.63) is 22.2 Å². The van der Waals surface area contributed by atoms with Gasteiger partial charge in [0.2, 0.25) is 5.16 Å². The second-order valence-electron chi connectivity index (χ2n) is 5.06. The second kappa shape index (κ2) is 5.43. The van der Waals surface area contributed by atoms with Crippen LogP contribution in [0.4, 0.5) is 0 Å². The molecule has 3 rings (SSSR count). The molecule has 0 amide bonds. The number of hydrogen-bond acceptors (Lipinski definition) is 3. The first-order valence-electron chi connectivity index (χ1n) is 6.80. The maximum atomic E-state index is 12.6. The van der Waals surface area contributed by atoms with E-state index in [2.05, 4.69) is 4.98 Å². The third-order valence-corrected chi connectivity index (χ3v) is 6.20. The first-order valence-corrected chi connectivity index (χ1v) is 9.00. The van der Waals surface area contributed by atoms with Crippen LogP contribution in [0.3, 0.4) is 0 Å². The lowest BCUT2D eigenvalue weighted by Crippen LogP contribution is -2.40. The smallest absolute Gasteiger partial charge is 0.277 e. The van der Waals surface area contributed by atoms with Gasteiger partial charge < -0.3 is 4.57 Å². The van der Waals surface area contributed by atoms with Gasteiger partial charge in [-0.3, -0.25) is 0 Å².